The van der Waals surface area contributed by atoms with Gasteiger partial charge in [0, 0.05) is 13.6 Å². The lowest BCUT2D eigenvalue weighted by Gasteiger charge is -1.90. The first-order valence-corrected chi connectivity index (χ1v) is 1.91. The van der Waals surface area contributed by atoms with Crippen LogP contribution in [-0.4, -0.2) is 6.54 Å². The first-order chi connectivity index (χ1) is 2.77. The summed E-state index contributed by atoms with van der Waals surface area (Å²) in [5.74, 6) is 0. The van der Waals surface area contributed by atoms with Crippen LogP contribution in [-0.2, 0) is 0 Å². The fraction of sp³-hybridized carbons (Fsp3) is 0.400. The van der Waals surface area contributed by atoms with Crippen LogP contribution in [0.25, 0.3) is 0 Å². The minimum Gasteiger partial charge on any atom is -0.312 e. The second-order valence-electron chi connectivity index (χ2n) is 1.38. The van der Waals surface area contributed by atoms with Crippen molar-refractivity contribution in [2.45, 2.75) is 6.92 Å². The number of rotatable bonds is 2. The SMILES string of the molecule is [CH2]NCC(=C)C. The first kappa shape index (κ1) is 5.70. The zero-order chi connectivity index (χ0) is 4.99. The minimum atomic E-state index is 0.819. The van der Waals surface area contributed by atoms with Gasteiger partial charge in [-0.15, -0.1) is 0 Å². The highest BCUT2D eigenvalue weighted by atomic mass is 14.8. The fourth-order valence-electron chi connectivity index (χ4n) is 0.213. The summed E-state index contributed by atoms with van der Waals surface area (Å²) in [5.41, 5.74) is 1.12. The van der Waals surface area contributed by atoms with E-state index in [-0.39, 0.29) is 0 Å². The van der Waals surface area contributed by atoms with E-state index in [2.05, 4.69) is 18.9 Å². The highest BCUT2D eigenvalue weighted by Gasteiger charge is 1.74. The Hall–Kier alpha value is -0.300. The molecule has 0 saturated heterocycles. The summed E-state index contributed by atoms with van der Waals surface area (Å²) in [4.78, 5) is 0. The lowest BCUT2D eigenvalue weighted by atomic mass is 10.4. The van der Waals surface area contributed by atoms with E-state index >= 15 is 0 Å². The van der Waals surface area contributed by atoms with Gasteiger partial charge in [0.2, 0.25) is 0 Å². The van der Waals surface area contributed by atoms with Crippen molar-refractivity contribution < 1.29 is 0 Å². The average Bonchev–Trinajstić information content (AvgIpc) is 1.35. The van der Waals surface area contributed by atoms with Gasteiger partial charge < -0.3 is 5.32 Å². The summed E-state index contributed by atoms with van der Waals surface area (Å²) >= 11 is 0. The van der Waals surface area contributed by atoms with Gasteiger partial charge in [-0.2, -0.15) is 0 Å². The first-order valence-electron chi connectivity index (χ1n) is 1.91. The molecule has 0 aliphatic carbocycles. The summed E-state index contributed by atoms with van der Waals surface area (Å²) in [6.07, 6.45) is 0. The van der Waals surface area contributed by atoms with Crippen LogP contribution in [0.5, 0.6) is 0 Å². The van der Waals surface area contributed by atoms with Gasteiger partial charge >= 0.3 is 0 Å². The molecule has 35 valence electrons. The molecule has 0 saturated carbocycles. The molecule has 0 aromatic rings. The van der Waals surface area contributed by atoms with E-state index in [1.165, 1.54) is 0 Å². The minimum absolute atomic E-state index is 0.819. The van der Waals surface area contributed by atoms with Crippen molar-refractivity contribution >= 4 is 0 Å². The lowest BCUT2D eigenvalue weighted by Crippen LogP contribution is -2.04. The normalized spacial score (nSPS) is 8.33. The largest absolute Gasteiger partial charge is 0.312 e. The Labute approximate surface area is 39.1 Å². The Bertz CT molecular complexity index is 47.9. The molecule has 0 aromatic heterocycles. The Morgan fingerprint density at radius 3 is 2.33 bits per heavy atom. The Morgan fingerprint density at radius 1 is 1.83 bits per heavy atom. The molecule has 0 atom stereocenters. The summed E-state index contributed by atoms with van der Waals surface area (Å²) < 4.78 is 0. The van der Waals surface area contributed by atoms with E-state index in [9.17, 15) is 0 Å². The van der Waals surface area contributed by atoms with E-state index in [1.807, 2.05) is 6.92 Å². The number of hydrogen-bond donors (Lipinski definition) is 1. The Morgan fingerprint density at radius 2 is 2.33 bits per heavy atom. The molecule has 6 heavy (non-hydrogen) atoms. The summed E-state index contributed by atoms with van der Waals surface area (Å²) in [6, 6.07) is 0. The van der Waals surface area contributed by atoms with Gasteiger partial charge in [0.05, 0.1) is 0 Å². The van der Waals surface area contributed by atoms with Crippen molar-refractivity contribution in [3.63, 3.8) is 0 Å². The van der Waals surface area contributed by atoms with Gasteiger partial charge in [0.25, 0.3) is 0 Å². The zero-order valence-corrected chi connectivity index (χ0v) is 4.12. The fourth-order valence-corrected chi connectivity index (χ4v) is 0.213. The van der Waals surface area contributed by atoms with Crippen molar-refractivity contribution in [1.29, 1.82) is 0 Å². The Balaban J connectivity index is 2.83. The monoisotopic (exact) mass is 84.1 g/mol. The molecule has 0 unspecified atom stereocenters. The van der Waals surface area contributed by atoms with Crippen LogP contribution in [0, 0.1) is 7.05 Å². The molecule has 0 aliphatic rings. The van der Waals surface area contributed by atoms with Crippen molar-refractivity contribution in [2.24, 2.45) is 0 Å². The van der Waals surface area contributed by atoms with Crippen LogP contribution < -0.4 is 5.32 Å². The molecule has 0 heterocycles. The predicted octanol–water partition coefficient (Wildman–Crippen LogP) is 0.944. The van der Waals surface area contributed by atoms with Crippen LogP contribution in [0.3, 0.4) is 0 Å². The molecule has 0 aromatic carbocycles. The van der Waals surface area contributed by atoms with Gasteiger partial charge in [-0.3, -0.25) is 0 Å². The molecule has 1 N–H and O–H groups in total. The van der Waals surface area contributed by atoms with Gasteiger partial charge in [0.15, 0.2) is 0 Å². The second-order valence-corrected chi connectivity index (χ2v) is 1.38. The van der Waals surface area contributed by atoms with Crippen LogP contribution >= 0.6 is 0 Å². The van der Waals surface area contributed by atoms with E-state index in [0.29, 0.717) is 0 Å². The van der Waals surface area contributed by atoms with Gasteiger partial charge in [-0.25, -0.2) is 0 Å². The molecule has 0 rings (SSSR count). The lowest BCUT2D eigenvalue weighted by molar-refractivity contribution is 0.937. The molecule has 0 amide bonds. The summed E-state index contributed by atoms with van der Waals surface area (Å²) in [6.45, 7) is 6.42. The van der Waals surface area contributed by atoms with E-state index in [4.69, 9.17) is 0 Å². The van der Waals surface area contributed by atoms with Crippen molar-refractivity contribution in [1.82, 2.24) is 5.32 Å². The standard InChI is InChI=1S/C5H10N/c1-5(2)4-6-3/h6H,1,3-4H2,2H3. The topological polar surface area (TPSA) is 12.0 Å². The molecule has 1 radical (unpaired) electrons. The van der Waals surface area contributed by atoms with E-state index < -0.39 is 0 Å². The van der Waals surface area contributed by atoms with Crippen molar-refractivity contribution in [3.05, 3.63) is 19.2 Å². The smallest absolute Gasteiger partial charge is 0.0159 e. The molecule has 1 heteroatoms. The summed E-state index contributed by atoms with van der Waals surface area (Å²) in [5, 5.41) is 2.72. The van der Waals surface area contributed by atoms with Crippen LogP contribution in [0.2, 0.25) is 0 Å². The maximum atomic E-state index is 3.64. The van der Waals surface area contributed by atoms with Crippen LogP contribution in [0.15, 0.2) is 12.2 Å². The molecule has 0 fully saturated rings. The van der Waals surface area contributed by atoms with Gasteiger partial charge in [0.1, 0.15) is 0 Å². The van der Waals surface area contributed by atoms with Crippen molar-refractivity contribution in [2.75, 3.05) is 6.54 Å². The second kappa shape index (κ2) is 2.91. The number of nitrogens with one attached hydrogen (secondary N) is 1. The highest BCUT2D eigenvalue weighted by Crippen LogP contribution is 1.77. The molecule has 0 spiro atoms. The van der Waals surface area contributed by atoms with E-state index in [0.717, 1.165) is 12.1 Å². The third-order valence-electron chi connectivity index (χ3n) is 0.427. The van der Waals surface area contributed by atoms with Gasteiger partial charge in [-0.1, -0.05) is 12.2 Å². The third-order valence-corrected chi connectivity index (χ3v) is 0.427. The van der Waals surface area contributed by atoms with Crippen LogP contribution in [0.4, 0.5) is 0 Å². The molecular formula is C5H10N. The zero-order valence-electron chi connectivity index (χ0n) is 4.12. The summed E-state index contributed by atoms with van der Waals surface area (Å²) in [7, 11) is 3.42. The molecule has 0 aliphatic heterocycles. The highest BCUT2D eigenvalue weighted by molar-refractivity contribution is 4.90. The average molecular weight is 84.1 g/mol. The van der Waals surface area contributed by atoms with Gasteiger partial charge in [-0.05, 0) is 6.92 Å². The van der Waals surface area contributed by atoms with Crippen molar-refractivity contribution in [3.8, 4) is 0 Å². The quantitative estimate of drug-likeness (QED) is 0.491. The van der Waals surface area contributed by atoms with E-state index in [1.54, 1.807) is 0 Å². The maximum absolute atomic E-state index is 3.64. The maximum Gasteiger partial charge on any atom is 0.0159 e. The van der Waals surface area contributed by atoms with Crippen LogP contribution in [0.1, 0.15) is 6.92 Å². The predicted molar refractivity (Wildman–Crippen MR) is 28.2 cm³/mol. The Kier molecular flexibility index (Phi) is 2.77. The third kappa shape index (κ3) is 3.70. The molecule has 0 bridgehead atoms. The number of hydrogen-bond acceptors (Lipinski definition) is 1. The molecule has 1 nitrogen and oxygen atoms in total. The molecular weight excluding hydrogens is 74.1 g/mol.